The maximum atomic E-state index is 12.7. The maximum absolute atomic E-state index is 12.7. The molecule has 9 heteroatoms. The minimum atomic E-state index is -0.431. The number of methoxy groups -OCH3 is 1. The summed E-state index contributed by atoms with van der Waals surface area (Å²) < 4.78 is 10.5. The molecule has 3 rings (SSSR count). The van der Waals surface area contributed by atoms with Crippen molar-refractivity contribution in [3.63, 3.8) is 0 Å². The van der Waals surface area contributed by atoms with Crippen LogP contribution in [-0.2, 0) is 11.3 Å². The molecule has 0 saturated carbocycles. The van der Waals surface area contributed by atoms with Gasteiger partial charge in [-0.05, 0) is 47.7 Å². The molecule has 0 spiro atoms. The molecule has 6 nitrogen and oxygen atoms in total. The number of hydrogen-bond donors (Lipinski definition) is 0. The van der Waals surface area contributed by atoms with Gasteiger partial charge in [0.2, 0.25) is 0 Å². The van der Waals surface area contributed by atoms with Crippen molar-refractivity contribution in [2.24, 2.45) is 0 Å². The molecule has 0 radical (unpaired) electrons. The molecule has 1 aliphatic heterocycles. The lowest BCUT2D eigenvalue weighted by Crippen LogP contribution is -2.27. The minimum Gasteiger partial charge on any atom is -0.493 e. The third kappa shape index (κ3) is 4.67. The first kappa shape index (κ1) is 21.1. The monoisotopic (exact) mass is 448 g/mol. The topological polar surface area (TPSA) is 79.6 Å². The van der Waals surface area contributed by atoms with Crippen LogP contribution in [0.25, 0.3) is 6.08 Å². The lowest BCUT2D eigenvalue weighted by molar-refractivity contribution is -0.123. The molecular weight excluding hydrogens is 435 g/mol. The Labute approximate surface area is 181 Å². The van der Waals surface area contributed by atoms with Gasteiger partial charge in [-0.1, -0.05) is 35.3 Å². The van der Waals surface area contributed by atoms with E-state index in [1.807, 2.05) is 6.07 Å². The summed E-state index contributed by atoms with van der Waals surface area (Å²) in [5.41, 5.74) is 1.16. The first-order chi connectivity index (χ1) is 13.9. The van der Waals surface area contributed by atoms with E-state index in [0.29, 0.717) is 32.7 Å². The van der Waals surface area contributed by atoms with E-state index in [1.54, 1.807) is 42.5 Å². The molecule has 148 valence electrons. The van der Waals surface area contributed by atoms with Crippen molar-refractivity contribution in [1.82, 2.24) is 4.90 Å². The second-order valence-electron chi connectivity index (χ2n) is 5.83. The number of nitrogens with zero attached hydrogens (tertiary/aromatic N) is 2. The second kappa shape index (κ2) is 9.23. The van der Waals surface area contributed by atoms with Crippen LogP contribution in [-0.4, -0.2) is 29.8 Å². The molecule has 0 bridgehead atoms. The van der Waals surface area contributed by atoms with Crippen LogP contribution in [0, 0.1) is 11.3 Å². The number of ether oxygens (including phenoxy) is 2. The summed E-state index contributed by atoms with van der Waals surface area (Å²) >= 11 is 13.1. The average Bonchev–Trinajstić information content (AvgIpc) is 2.96. The predicted molar refractivity (Wildman–Crippen MR) is 112 cm³/mol. The minimum absolute atomic E-state index is 0.00915. The lowest BCUT2D eigenvalue weighted by atomic mass is 10.1. The number of halogens is 2. The van der Waals surface area contributed by atoms with Gasteiger partial charge in [-0.25, -0.2) is 0 Å². The molecular formula is C20H14Cl2N2O4S. The Morgan fingerprint density at radius 1 is 1.17 bits per heavy atom. The number of nitriles is 1. The number of thioether (sulfide) groups is 1. The number of imide groups is 1. The standard InChI is InChI=1S/C20H14Cl2N2O4S/c1-27-17-9-12(5-6-16(17)28-8-7-23)10-18-19(25)24(20(26)29-18)11-13-14(21)3-2-4-15(13)22/h2-6,9-10H,8,11H2,1H3/b18-10-. The summed E-state index contributed by atoms with van der Waals surface area (Å²) in [4.78, 5) is 26.5. The van der Waals surface area contributed by atoms with E-state index >= 15 is 0 Å². The lowest BCUT2D eigenvalue weighted by Gasteiger charge is -2.14. The molecule has 1 heterocycles. The SMILES string of the molecule is COc1cc(/C=C2\SC(=O)N(Cc3c(Cl)cccc3Cl)C2=O)ccc1OCC#N. The fourth-order valence-electron chi connectivity index (χ4n) is 2.63. The van der Waals surface area contributed by atoms with E-state index < -0.39 is 11.1 Å². The van der Waals surface area contributed by atoms with Crippen LogP contribution in [0.2, 0.25) is 10.0 Å². The maximum Gasteiger partial charge on any atom is 0.293 e. The van der Waals surface area contributed by atoms with Crippen molar-refractivity contribution in [3.8, 4) is 17.6 Å². The molecule has 1 saturated heterocycles. The van der Waals surface area contributed by atoms with Gasteiger partial charge < -0.3 is 9.47 Å². The number of carbonyl (C=O) groups excluding carboxylic acids is 2. The van der Waals surface area contributed by atoms with Crippen LogP contribution in [0.5, 0.6) is 11.5 Å². The highest BCUT2D eigenvalue weighted by Gasteiger charge is 2.35. The summed E-state index contributed by atoms with van der Waals surface area (Å²) in [5.74, 6) is 0.392. The predicted octanol–water partition coefficient (Wildman–Crippen LogP) is 5.14. The van der Waals surface area contributed by atoms with E-state index in [0.717, 1.165) is 16.7 Å². The van der Waals surface area contributed by atoms with Gasteiger partial charge in [0.05, 0.1) is 18.6 Å². The number of hydrogen-bond acceptors (Lipinski definition) is 6. The van der Waals surface area contributed by atoms with Crippen molar-refractivity contribution >= 4 is 52.2 Å². The molecule has 2 amide bonds. The Balaban J connectivity index is 1.84. The van der Waals surface area contributed by atoms with Crippen molar-refractivity contribution < 1.29 is 19.1 Å². The molecule has 2 aromatic rings. The van der Waals surface area contributed by atoms with Gasteiger partial charge in [-0.3, -0.25) is 14.5 Å². The van der Waals surface area contributed by atoms with Crippen LogP contribution in [0.15, 0.2) is 41.3 Å². The Morgan fingerprint density at radius 3 is 2.55 bits per heavy atom. The molecule has 0 N–H and O–H groups in total. The Kier molecular flexibility index (Phi) is 6.70. The fourth-order valence-corrected chi connectivity index (χ4v) is 3.99. The molecule has 0 unspecified atom stereocenters. The summed E-state index contributed by atoms with van der Waals surface area (Å²) in [7, 11) is 1.47. The first-order valence-electron chi connectivity index (χ1n) is 8.30. The Hall–Kier alpha value is -2.66. The number of benzene rings is 2. The molecule has 2 aromatic carbocycles. The molecule has 29 heavy (non-hydrogen) atoms. The van der Waals surface area contributed by atoms with Crippen molar-refractivity contribution in [2.75, 3.05) is 13.7 Å². The third-order valence-electron chi connectivity index (χ3n) is 4.03. The van der Waals surface area contributed by atoms with E-state index in [1.165, 1.54) is 7.11 Å². The van der Waals surface area contributed by atoms with Crippen molar-refractivity contribution in [3.05, 3.63) is 62.5 Å². The van der Waals surface area contributed by atoms with E-state index in [4.69, 9.17) is 37.9 Å². The van der Waals surface area contributed by atoms with Crippen LogP contribution in [0.1, 0.15) is 11.1 Å². The van der Waals surface area contributed by atoms with Gasteiger partial charge in [0.25, 0.3) is 11.1 Å². The zero-order valence-corrected chi connectivity index (χ0v) is 17.5. The van der Waals surface area contributed by atoms with E-state index in [-0.39, 0.29) is 18.1 Å². The van der Waals surface area contributed by atoms with E-state index in [9.17, 15) is 9.59 Å². The largest absolute Gasteiger partial charge is 0.493 e. The summed E-state index contributed by atoms with van der Waals surface area (Å²) in [6, 6.07) is 11.9. The van der Waals surface area contributed by atoms with Gasteiger partial charge in [-0.15, -0.1) is 0 Å². The van der Waals surface area contributed by atoms with Crippen LogP contribution in [0.3, 0.4) is 0 Å². The quantitative estimate of drug-likeness (QED) is 0.569. The van der Waals surface area contributed by atoms with Gasteiger partial charge in [0.15, 0.2) is 18.1 Å². The van der Waals surface area contributed by atoms with Gasteiger partial charge >= 0.3 is 0 Å². The first-order valence-corrected chi connectivity index (χ1v) is 9.88. The van der Waals surface area contributed by atoms with Crippen LogP contribution < -0.4 is 9.47 Å². The summed E-state index contributed by atoms with van der Waals surface area (Å²) in [6.07, 6.45) is 1.59. The van der Waals surface area contributed by atoms with Gasteiger partial charge in [0.1, 0.15) is 6.07 Å². The number of carbonyl (C=O) groups is 2. The summed E-state index contributed by atoms with van der Waals surface area (Å²) in [5, 5.41) is 9.01. The van der Waals surface area contributed by atoms with Gasteiger partial charge in [-0.2, -0.15) is 5.26 Å². The van der Waals surface area contributed by atoms with E-state index in [2.05, 4.69) is 0 Å². The Morgan fingerprint density at radius 2 is 1.90 bits per heavy atom. The van der Waals surface area contributed by atoms with Crippen molar-refractivity contribution in [1.29, 1.82) is 5.26 Å². The highest BCUT2D eigenvalue weighted by molar-refractivity contribution is 8.18. The number of rotatable bonds is 6. The third-order valence-corrected chi connectivity index (χ3v) is 5.64. The smallest absolute Gasteiger partial charge is 0.293 e. The van der Waals surface area contributed by atoms with Crippen LogP contribution in [0.4, 0.5) is 4.79 Å². The molecule has 0 aliphatic carbocycles. The Bertz CT molecular complexity index is 1030. The normalized spacial score (nSPS) is 15.0. The zero-order chi connectivity index (χ0) is 21.0. The van der Waals surface area contributed by atoms with Crippen LogP contribution >= 0.6 is 35.0 Å². The average molecular weight is 449 g/mol. The second-order valence-corrected chi connectivity index (χ2v) is 7.63. The molecule has 1 aliphatic rings. The zero-order valence-electron chi connectivity index (χ0n) is 15.1. The molecule has 0 aromatic heterocycles. The number of amides is 2. The summed E-state index contributed by atoms with van der Waals surface area (Å²) in [6.45, 7) is -0.121. The fraction of sp³-hybridized carbons (Fsp3) is 0.150. The highest BCUT2D eigenvalue weighted by Crippen LogP contribution is 2.36. The van der Waals surface area contributed by atoms with Gasteiger partial charge in [0, 0.05) is 15.6 Å². The highest BCUT2D eigenvalue weighted by atomic mass is 35.5. The molecule has 0 atom stereocenters. The molecule has 1 fully saturated rings. The van der Waals surface area contributed by atoms with Crippen molar-refractivity contribution in [2.45, 2.75) is 6.54 Å².